The average molecular weight is 251 g/mol. The van der Waals surface area contributed by atoms with Crippen LogP contribution in [-0.2, 0) is 4.79 Å². The average Bonchev–Trinajstić information content (AvgIpc) is 2.20. The third kappa shape index (κ3) is 3.89. The second-order valence-corrected chi connectivity index (χ2v) is 5.19. The minimum atomic E-state index is -4.20. The van der Waals surface area contributed by atoms with Crippen LogP contribution >= 0.6 is 0 Å². The van der Waals surface area contributed by atoms with E-state index in [4.69, 9.17) is 0 Å². The van der Waals surface area contributed by atoms with Crippen LogP contribution in [0, 0.1) is 11.3 Å². The van der Waals surface area contributed by atoms with Gasteiger partial charge in [0.05, 0.1) is 6.42 Å². The Hall–Kier alpha value is -0.740. The molecule has 1 aliphatic rings. The quantitative estimate of drug-likeness (QED) is 0.819. The molecule has 1 N–H and O–H groups in total. The number of amides is 1. The number of rotatable bonds is 3. The van der Waals surface area contributed by atoms with E-state index in [0.29, 0.717) is 0 Å². The molecule has 2 nitrogen and oxygen atoms in total. The predicted molar refractivity (Wildman–Crippen MR) is 59.4 cm³/mol. The summed E-state index contributed by atoms with van der Waals surface area (Å²) in [6.45, 7) is 3.55. The van der Waals surface area contributed by atoms with Gasteiger partial charge in [-0.2, -0.15) is 13.2 Å². The van der Waals surface area contributed by atoms with E-state index in [0.717, 1.165) is 25.7 Å². The fourth-order valence-corrected chi connectivity index (χ4v) is 2.36. The first-order valence-electron chi connectivity index (χ1n) is 6.11. The molecule has 1 unspecified atom stereocenters. The first-order chi connectivity index (χ1) is 7.76. The molecule has 1 saturated carbocycles. The zero-order chi connectivity index (χ0) is 13.1. The smallest absolute Gasteiger partial charge is 0.355 e. The van der Waals surface area contributed by atoms with Crippen LogP contribution in [0.25, 0.3) is 0 Å². The second kappa shape index (κ2) is 5.27. The highest BCUT2D eigenvalue weighted by Gasteiger charge is 2.40. The Labute approximate surface area is 100.0 Å². The highest BCUT2D eigenvalue weighted by atomic mass is 19.4. The van der Waals surface area contributed by atoms with Gasteiger partial charge in [-0.3, -0.25) is 4.79 Å². The Morgan fingerprint density at radius 1 is 1.41 bits per heavy atom. The number of halogens is 3. The number of carbonyl (C=O) groups excluding carboxylic acids is 1. The molecule has 0 spiro atoms. The van der Waals surface area contributed by atoms with Gasteiger partial charge in [0.25, 0.3) is 0 Å². The molecule has 17 heavy (non-hydrogen) atoms. The third-order valence-corrected chi connectivity index (χ3v) is 3.88. The number of hydrogen-bond donors (Lipinski definition) is 1. The summed E-state index contributed by atoms with van der Waals surface area (Å²) in [5, 5.41) is 2.42. The van der Waals surface area contributed by atoms with E-state index < -0.39 is 18.0 Å². The van der Waals surface area contributed by atoms with Crippen molar-refractivity contribution < 1.29 is 18.0 Å². The molecule has 1 aliphatic carbocycles. The zero-order valence-electron chi connectivity index (χ0n) is 10.4. The van der Waals surface area contributed by atoms with Crippen molar-refractivity contribution in [2.24, 2.45) is 11.3 Å². The van der Waals surface area contributed by atoms with Crippen molar-refractivity contribution in [2.45, 2.75) is 52.1 Å². The zero-order valence-corrected chi connectivity index (χ0v) is 10.4. The van der Waals surface area contributed by atoms with Crippen molar-refractivity contribution in [3.63, 3.8) is 0 Å². The summed E-state index contributed by atoms with van der Waals surface area (Å²) < 4.78 is 35.9. The molecule has 0 radical (unpaired) electrons. The van der Waals surface area contributed by atoms with Crippen LogP contribution < -0.4 is 5.32 Å². The minimum absolute atomic E-state index is 0.228. The number of nitrogens with one attached hydrogen (secondary N) is 1. The molecular formula is C12H20F3NO. The molecule has 0 bridgehead atoms. The van der Waals surface area contributed by atoms with Gasteiger partial charge in [-0.25, -0.2) is 0 Å². The first kappa shape index (κ1) is 14.3. The van der Waals surface area contributed by atoms with Gasteiger partial charge in [-0.05, 0) is 18.8 Å². The van der Waals surface area contributed by atoms with Crippen LogP contribution in [0.5, 0.6) is 0 Å². The van der Waals surface area contributed by atoms with Crippen LogP contribution in [0.2, 0.25) is 0 Å². The van der Waals surface area contributed by atoms with Crippen LogP contribution in [0.3, 0.4) is 0 Å². The lowest BCUT2D eigenvalue weighted by atomic mass is 9.68. The van der Waals surface area contributed by atoms with Crippen molar-refractivity contribution in [2.75, 3.05) is 6.54 Å². The van der Waals surface area contributed by atoms with Crippen molar-refractivity contribution in [3.8, 4) is 0 Å². The molecule has 1 amide bonds. The predicted octanol–water partition coefficient (Wildman–Crippen LogP) is 3.27. The Balaban J connectivity index is 2.46. The molecule has 0 aromatic carbocycles. The van der Waals surface area contributed by atoms with Crippen molar-refractivity contribution in [1.82, 2.24) is 5.32 Å². The van der Waals surface area contributed by atoms with Crippen molar-refractivity contribution >= 4 is 5.91 Å². The van der Waals surface area contributed by atoms with Gasteiger partial charge in [-0.1, -0.05) is 26.7 Å². The largest absolute Gasteiger partial charge is 0.390 e. The fourth-order valence-electron chi connectivity index (χ4n) is 2.36. The molecule has 1 rings (SSSR count). The Kier molecular flexibility index (Phi) is 4.44. The molecule has 0 aliphatic heterocycles. The Morgan fingerprint density at radius 3 is 2.59 bits per heavy atom. The molecule has 0 saturated heterocycles. The lowest BCUT2D eigenvalue weighted by molar-refractivity contribution is -0.140. The van der Waals surface area contributed by atoms with Gasteiger partial charge < -0.3 is 5.32 Å². The summed E-state index contributed by atoms with van der Waals surface area (Å²) in [6.07, 6.45) is -1.33. The third-order valence-electron chi connectivity index (χ3n) is 3.88. The van der Waals surface area contributed by atoms with Crippen LogP contribution in [0.15, 0.2) is 0 Å². The molecule has 0 heterocycles. The maximum absolute atomic E-state index is 12.0. The van der Waals surface area contributed by atoms with Gasteiger partial charge in [0, 0.05) is 12.0 Å². The Morgan fingerprint density at radius 2 is 2.06 bits per heavy atom. The molecular weight excluding hydrogens is 231 g/mol. The van der Waals surface area contributed by atoms with Gasteiger partial charge >= 0.3 is 6.18 Å². The Bertz CT molecular complexity index is 277. The molecule has 5 heteroatoms. The summed E-state index contributed by atoms with van der Waals surface area (Å²) in [7, 11) is 0. The summed E-state index contributed by atoms with van der Waals surface area (Å²) in [5.74, 6) is 0.0103. The van der Waals surface area contributed by atoms with Gasteiger partial charge in [0.1, 0.15) is 0 Å². The highest BCUT2D eigenvalue weighted by molar-refractivity contribution is 5.82. The van der Waals surface area contributed by atoms with E-state index in [1.165, 1.54) is 0 Å². The van der Waals surface area contributed by atoms with Crippen molar-refractivity contribution in [3.05, 3.63) is 0 Å². The molecule has 2 atom stereocenters. The van der Waals surface area contributed by atoms with E-state index in [2.05, 4.69) is 5.32 Å². The van der Waals surface area contributed by atoms with Crippen LogP contribution in [-0.4, -0.2) is 18.6 Å². The molecule has 100 valence electrons. The van der Waals surface area contributed by atoms with Gasteiger partial charge in [0.2, 0.25) is 5.91 Å². The van der Waals surface area contributed by atoms with E-state index in [-0.39, 0.29) is 18.4 Å². The number of carbonyl (C=O) groups is 1. The molecule has 1 fully saturated rings. The number of hydrogen-bond acceptors (Lipinski definition) is 1. The van der Waals surface area contributed by atoms with E-state index in [9.17, 15) is 18.0 Å². The number of alkyl halides is 3. The first-order valence-corrected chi connectivity index (χ1v) is 6.11. The summed E-state index contributed by atoms with van der Waals surface area (Å²) in [5.41, 5.74) is -0.496. The van der Waals surface area contributed by atoms with Crippen LogP contribution in [0.1, 0.15) is 46.0 Å². The summed E-state index contributed by atoms with van der Waals surface area (Å²) in [4.78, 5) is 11.9. The summed E-state index contributed by atoms with van der Waals surface area (Å²) >= 11 is 0. The monoisotopic (exact) mass is 251 g/mol. The SMILES string of the molecule is CC1CCCC[C@]1(C)C(=O)NCCC(F)(F)F. The molecule has 0 aromatic rings. The van der Waals surface area contributed by atoms with Gasteiger partial charge in [-0.15, -0.1) is 0 Å². The topological polar surface area (TPSA) is 29.1 Å². The minimum Gasteiger partial charge on any atom is -0.355 e. The van der Waals surface area contributed by atoms with E-state index >= 15 is 0 Å². The van der Waals surface area contributed by atoms with Gasteiger partial charge in [0.15, 0.2) is 0 Å². The van der Waals surface area contributed by atoms with E-state index in [1.54, 1.807) is 0 Å². The fraction of sp³-hybridized carbons (Fsp3) is 0.917. The highest BCUT2D eigenvalue weighted by Crippen LogP contribution is 2.40. The summed E-state index contributed by atoms with van der Waals surface area (Å²) in [6, 6.07) is 0. The van der Waals surface area contributed by atoms with Crippen molar-refractivity contribution in [1.29, 1.82) is 0 Å². The van der Waals surface area contributed by atoms with Crippen LogP contribution in [0.4, 0.5) is 13.2 Å². The van der Waals surface area contributed by atoms with E-state index in [1.807, 2.05) is 13.8 Å². The maximum atomic E-state index is 12.0. The lowest BCUT2D eigenvalue weighted by Gasteiger charge is -2.38. The second-order valence-electron chi connectivity index (χ2n) is 5.19. The molecule has 0 aromatic heterocycles. The standard InChI is InChI=1S/C12H20F3NO/c1-9-5-3-4-6-11(9,2)10(17)16-8-7-12(13,14)15/h9H,3-8H2,1-2H3,(H,16,17)/t9?,11-/m0/s1. The maximum Gasteiger partial charge on any atom is 0.390 e. The normalized spacial score (nSPS) is 30.1. The lowest BCUT2D eigenvalue weighted by Crippen LogP contribution is -2.45.